The van der Waals surface area contributed by atoms with Gasteiger partial charge in [0.25, 0.3) is 0 Å². The Labute approximate surface area is 214 Å². The van der Waals surface area contributed by atoms with E-state index in [0.29, 0.717) is 13.0 Å². The molecule has 3 aliphatic carbocycles. The van der Waals surface area contributed by atoms with Crippen LogP contribution in [0, 0.1) is 0 Å². The van der Waals surface area contributed by atoms with E-state index in [9.17, 15) is 4.79 Å². The number of esters is 1. The van der Waals surface area contributed by atoms with Crippen molar-refractivity contribution in [2.24, 2.45) is 0 Å². The van der Waals surface area contributed by atoms with Crippen LogP contribution in [-0.2, 0) is 39.8 Å². The zero-order valence-electron chi connectivity index (χ0n) is 21.4. The number of hydrogen-bond donors (Lipinski definition) is 0. The maximum absolute atomic E-state index is 12.8. The van der Waals surface area contributed by atoms with Crippen molar-refractivity contribution in [1.82, 2.24) is 0 Å². The fraction of sp³-hybridized carbons (Fsp3) is 0.759. The van der Waals surface area contributed by atoms with Gasteiger partial charge >= 0.3 is 5.97 Å². The monoisotopic (exact) mass is 500 g/mol. The summed E-state index contributed by atoms with van der Waals surface area (Å²) in [5.41, 5.74) is 1.06. The van der Waals surface area contributed by atoms with Gasteiger partial charge in [0.05, 0.1) is 6.61 Å². The van der Waals surface area contributed by atoms with Gasteiger partial charge in [-0.3, -0.25) is 4.79 Å². The minimum atomic E-state index is -0.631. The molecule has 198 valence electrons. The van der Waals surface area contributed by atoms with Crippen molar-refractivity contribution in [3.05, 3.63) is 35.9 Å². The molecule has 2 spiro atoms. The lowest BCUT2D eigenvalue weighted by atomic mass is 9.84. The first-order valence-corrected chi connectivity index (χ1v) is 14.2. The lowest BCUT2D eigenvalue weighted by molar-refractivity contribution is -0.231. The summed E-state index contributed by atoms with van der Waals surface area (Å²) in [6.45, 7) is 2.38. The normalized spacial score (nSPS) is 36.5. The molecule has 0 N–H and O–H groups in total. The molecule has 2 heterocycles. The maximum atomic E-state index is 12.8. The van der Waals surface area contributed by atoms with Crippen molar-refractivity contribution in [2.45, 2.75) is 139 Å². The smallest absolute Gasteiger partial charge is 0.306 e. The van der Waals surface area contributed by atoms with Crippen molar-refractivity contribution in [3.63, 3.8) is 0 Å². The highest BCUT2D eigenvalue weighted by molar-refractivity contribution is 5.69. The third-order valence-corrected chi connectivity index (χ3v) is 8.58. The third-order valence-electron chi connectivity index (χ3n) is 8.58. The van der Waals surface area contributed by atoms with Crippen LogP contribution in [0.5, 0.6) is 0 Å². The van der Waals surface area contributed by atoms with Gasteiger partial charge < -0.3 is 28.4 Å². The Hall–Kier alpha value is -1.51. The zero-order valence-corrected chi connectivity index (χ0v) is 21.4. The Morgan fingerprint density at radius 1 is 0.778 bits per heavy atom. The van der Waals surface area contributed by atoms with Crippen LogP contribution in [0.25, 0.3) is 0 Å². The fourth-order valence-corrected chi connectivity index (χ4v) is 6.86. The number of fused-ring (bicyclic) bond motifs is 3. The summed E-state index contributed by atoms with van der Waals surface area (Å²) >= 11 is 0. The summed E-state index contributed by atoms with van der Waals surface area (Å²) in [6.07, 6.45) is 8.66. The van der Waals surface area contributed by atoms with Gasteiger partial charge in [-0.05, 0) is 37.7 Å². The second kappa shape index (κ2) is 10.3. The average molecular weight is 501 g/mol. The van der Waals surface area contributed by atoms with Crippen LogP contribution in [0.1, 0.15) is 89.5 Å². The first-order valence-electron chi connectivity index (χ1n) is 14.2. The van der Waals surface area contributed by atoms with E-state index in [1.807, 2.05) is 37.3 Å². The Balaban J connectivity index is 1.33. The first kappa shape index (κ1) is 24.8. The number of rotatable bonds is 6. The van der Waals surface area contributed by atoms with Gasteiger partial charge in [0.15, 0.2) is 17.7 Å². The molecule has 1 aromatic carbocycles. The van der Waals surface area contributed by atoms with Crippen LogP contribution < -0.4 is 0 Å². The topological polar surface area (TPSA) is 72.5 Å². The van der Waals surface area contributed by atoms with Crippen molar-refractivity contribution in [2.75, 3.05) is 0 Å². The highest BCUT2D eigenvalue weighted by atomic mass is 16.8. The molecule has 0 bridgehead atoms. The minimum absolute atomic E-state index is 0.229. The molecule has 2 aliphatic heterocycles. The Kier molecular flexibility index (Phi) is 7.12. The van der Waals surface area contributed by atoms with Gasteiger partial charge in [0.1, 0.15) is 30.5 Å². The Morgan fingerprint density at radius 3 is 1.86 bits per heavy atom. The summed E-state index contributed by atoms with van der Waals surface area (Å²) in [5, 5.41) is 0. The van der Waals surface area contributed by atoms with E-state index in [-0.39, 0.29) is 24.3 Å². The van der Waals surface area contributed by atoms with E-state index < -0.39 is 29.9 Å². The average Bonchev–Trinajstić information content (AvgIpc) is 3.44. The van der Waals surface area contributed by atoms with Crippen LogP contribution in [0.2, 0.25) is 0 Å². The summed E-state index contributed by atoms with van der Waals surface area (Å²) in [7, 11) is 0. The van der Waals surface area contributed by atoms with E-state index in [1.54, 1.807) is 0 Å². The van der Waals surface area contributed by atoms with E-state index in [1.165, 1.54) is 12.8 Å². The van der Waals surface area contributed by atoms with Crippen LogP contribution in [0.3, 0.4) is 0 Å². The van der Waals surface area contributed by atoms with Crippen LogP contribution in [-0.4, -0.2) is 54.2 Å². The Bertz CT molecular complexity index is 892. The Morgan fingerprint density at radius 2 is 1.31 bits per heavy atom. The highest BCUT2D eigenvalue weighted by Gasteiger charge is 2.67. The summed E-state index contributed by atoms with van der Waals surface area (Å²) in [4.78, 5) is 12.8. The summed E-state index contributed by atoms with van der Waals surface area (Å²) in [5.74, 6) is -1.47. The molecular formula is C29H40O7. The predicted molar refractivity (Wildman–Crippen MR) is 131 cm³/mol. The minimum Gasteiger partial charge on any atom is -0.457 e. The summed E-state index contributed by atoms with van der Waals surface area (Å²) in [6, 6.07) is 10.1. The molecule has 7 nitrogen and oxygen atoms in total. The standard InChI is InChI=1S/C29H40O7/c1-2-12-21(30)32-23-22(31-19-20-13-6-3-7-14-20)24-26(35-28(33-24)15-8-4-9-16-28)27-25(23)34-29(36-27)17-10-5-11-18-29/h3,6-7,13-14,22-27H,2,4-5,8-12,15-19H2,1H3/t22-,23-,24-,25+,26-,27-/m1/s1. The van der Waals surface area contributed by atoms with Crippen molar-refractivity contribution < 1.29 is 33.2 Å². The molecule has 5 aliphatic rings. The van der Waals surface area contributed by atoms with Gasteiger partial charge in [-0.2, -0.15) is 0 Å². The summed E-state index contributed by atoms with van der Waals surface area (Å²) < 4.78 is 39.8. The lowest BCUT2D eigenvalue weighted by Gasteiger charge is -2.42. The van der Waals surface area contributed by atoms with E-state index in [2.05, 4.69) is 0 Å². The number of carbonyl (C=O) groups is 1. The quantitative estimate of drug-likeness (QED) is 0.498. The predicted octanol–water partition coefficient (Wildman–Crippen LogP) is 5.19. The van der Waals surface area contributed by atoms with Gasteiger partial charge in [-0.25, -0.2) is 0 Å². The van der Waals surface area contributed by atoms with Crippen molar-refractivity contribution in [3.8, 4) is 0 Å². The molecular weight excluding hydrogens is 460 g/mol. The van der Waals surface area contributed by atoms with Gasteiger partial charge in [0.2, 0.25) is 0 Å². The molecule has 3 saturated carbocycles. The highest BCUT2D eigenvalue weighted by Crippen LogP contribution is 2.52. The number of ether oxygens (including phenoxy) is 6. The number of hydrogen-bond acceptors (Lipinski definition) is 7. The van der Waals surface area contributed by atoms with Gasteiger partial charge in [-0.15, -0.1) is 0 Å². The molecule has 0 amide bonds. The molecule has 6 atom stereocenters. The van der Waals surface area contributed by atoms with E-state index in [0.717, 1.165) is 63.4 Å². The maximum Gasteiger partial charge on any atom is 0.306 e. The lowest BCUT2D eigenvalue weighted by Crippen LogP contribution is -2.63. The molecule has 0 aromatic heterocycles. The zero-order chi connectivity index (χ0) is 24.6. The van der Waals surface area contributed by atoms with Gasteiger partial charge in [-0.1, -0.05) is 50.1 Å². The second-order valence-corrected chi connectivity index (χ2v) is 11.2. The molecule has 6 rings (SSSR count). The van der Waals surface area contributed by atoms with E-state index in [4.69, 9.17) is 28.4 Å². The largest absolute Gasteiger partial charge is 0.457 e. The van der Waals surface area contributed by atoms with Crippen LogP contribution in [0.15, 0.2) is 30.3 Å². The fourth-order valence-electron chi connectivity index (χ4n) is 6.86. The number of carbonyl (C=O) groups excluding carboxylic acids is 1. The number of benzene rings is 1. The van der Waals surface area contributed by atoms with Crippen molar-refractivity contribution in [1.29, 1.82) is 0 Å². The molecule has 7 heteroatoms. The van der Waals surface area contributed by atoms with Gasteiger partial charge in [0, 0.05) is 32.1 Å². The van der Waals surface area contributed by atoms with Crippen LogP contribution >= 0.6 is 0 Å². The molecule has 2 saturated heterocycles. The molecule has 0 unspecified atom stereocenters. The van der Waals surface area contributed by atoms with Crippen LogP contribution in [0.4, 0.5) is 0 Å². The third kappa shape index (κ3) is 4.73. The molecule has 0 radical (unpaired) electrons. The molecule has 36 heavy (non-hydrogen) atoms. The van der Waals surface area contributed by atoms with E-state index >= 15 is 0 Å². The van der Waals surface area contributed by atoms with Crippen molar-refractivity contribution >= 4 is 5.97 Å². The molecule has 5 fully saturated rings. The first-order chi connectivity index (χ1) is 17.6. The SMILES string of the molecule is CCCC(=O)O[C@@H]1[C@@H](OCc2ccccc2)[C@H]2OC3(CCCCC3)O[C@H]2[C@@H]2OC3(CCCCC3)O[C@@H]12. The molecule has 1 aromatic rings. The second-order valence-electron chi connectivity index (χ2n) is 11.2.